The summed E-state index contributed by atoms with van der Waals surface area (Å²) in [7, 11) is 0. The number of halogens is 1. The lowest BCUT2D eigenvalue weighted by molar-refractivity contribution is -0.130. The first kappa shape index (κ1) is 25.6. The molecule has 1 fully saturated rings. The Morgan fingerprint density at radius 3 is 2.62 bits per heavy atom. The number of benzene rings is 2. The summed E-state index contributed by atoms with van der Waals surface area (Å²) in [6.45, 7) is 1.72. The zero-order chi connectivity index (χ0) is 27.4. The van der Waals surface area contributed by atoms with E-state index in [9.17, 15) is 14.7 Å². The average molecular weight is 536 g/mol. The zero-order valence-electron chi connectivity index (χ0n) is 20.8. The van der Waals surface area contributed by atoms with Crippen molar-refractivity contribution in [2.75, 3.05) is 48.7 Å². The number of nitrogens with two attached hydrogens (primary N) is 1. The van der Waals surface area contributed by atoms with Gasteiger partial charge in [0.2, 0.25) is 5.91 Å². The van der Waals surface area contributed by atoms with Gasteiger partial charge in [-0.25, -0.2) is 4.39 Å². The third kappa shape index (κ3) is 5.92. The summed E-state index contributed by atoms with van der Waals surface area (Å²) in [4.78, 5) is 28.4. The number of phenols is 1. The fourth-order valence-electron chi connectivity index (χ4n) is 4.24. The molecule has 0 unspecified atom stereocenters. The highest BCUT2D eigenvalue weighted by Crippen LogP contribution is 2.27. The number of rotatable bonds is 8. The van der Waals surface area contributed by atoms with Gasteiger partial charge in [0.05, 0.1) is 24.3 Å². The summed E-state index contributed by atoms with van der Waals surface area (Å²) < 4.78 is 25.1. The molecule has 1 aliphatic rings. The van der Waals surface area contributed by atoms with Crippen LogP contribution in [-0.4, -0.2) is 64.9 Å². The van der Waals surface area contributed by atoms with Crippen LogP contribution >= 0.6 is 0 Å². The standard InChI is InChI=1S/C26H26FN7O5/c27-20-11-16(22-13-18(39-31-22)14-29-24-5-10-38-32-24)1-4-23(20)33-6-8-34(9-7-33)25(36)15-30-26(37)19-12-17(35)2-3-21(19)28/h1-5,10-13,35H,6-9,14-15,28H2,(H,29,32)(H,30,37). The molecule has 2 aromatic carbocycles. The van der Waals surface area contributed by atoms with E-state index >= 15 is 4.39 Å². The second-order valence-corrected chi connectivity index (χ2v) is 8.90. The Morgan fingerprint density at radius 2 is 1.87 bits per heavy atom. The van der Waals surface area contributed by atoms with Gasteiger partial charge in [0.15, 0.2) is 11.6 Å². The molecule has 2 aromatic heterocycles. The van der Waals surface area contributed by atoms with Crippen molar-refractivity contribution in [1.29, 1.82) is 0 Å². The first-order chi connectivity index (χ1) is 18.9. The highest BCUT2D eigenvalue weighted by Gasteiger charge is 2.24. The lowest BCUT2D eigenvalue weighted by Gasteiger charge is -2.36. The Labute approximate surface area is 222 Å². The minimum Gasteiger partial charge on any atom is -0.508 e. The van der Waals surface area contributed by atoms with Crippen LogP contribution in [0.3, 0.4) is 0 Å². The number of aromatic hydroxyl groups is 1. The molecule has 2 amide bonds. The van der Waals surface area contributed by atoms with Gasteiger partial charge >= 0.3 is 0 Å². The van der Waals surface area contributed by atoms with Crippen molar-refractivity contribution in [3.8, 4) is 17.0 Å². The molecule has 202 valence electrons. The van der Waals surface area contributed by atoms with Crippen LogP contribution in [0.4, 0.5) is 21.6 Å². The molecule has 0 spiro atoms. The quantitative estimate of drug-likeness (QED) is 0.195. The zero-order valence-corrected chi connectivity index (χ0v) is 20.8. The maximum absolute atomic E-state index is 15.1. The van der Waals surface area contributed by atoms with E-state index in [1.165, 1.54) is 30.5 Å². The molecule has 0 aliphatic carbocycles. The normalized spacial score (nSPS) is 13.4. The molecule has 4 aromatic rings. The van der Waals surface area contributed by atoms with E-state index in [-0.39, 0.29) is 29.5 Å². The van der Waals surface area contributed by atoms with Crippen LogP contribution in [0.1, 0.15) is 16.1 Å². The van der Waals surface area contributed by atoms with Gasteiger partial charge in [-0.15, -0.1) is 0 Å². The Kier molecular flexibility index (Phi) is 7.30. The van der Waals surface area contributed by atoms with E-state index in [0.717, 1.165) is 0 Å². The van der Waals surface area contributed by atoms with Crippen molar-refractivity contribution in [3.05, 3.63) is 71.9 Å². The number of aromatic nitrogens is 2. The molecule has 39 heavy (non-hydrogen) atoms. The fourth-order valence-corrected chi connectivity index (χ4v) is 4.24. The number of carbonyl (C=O) groups is 2. The van der Waals surface area contributed by atoms with Gasteiger partial charge in [-0.2, -0.15) is 0 Å². The molecule has 0 saturated carbocycles. The van der Waals surface area contributed by atoms with Gasteiger partial charge in [-0.1, -0.05) is 16.4 Å². The van der Waals surface area contributed by atoms with Crippen LogP contribution in [0, 0.1) is 5.82 Å². The van der Waals surface area contributed by atoms with Crippen LogP contribution in [0.5, 0.6) is 5.75 Å². The van der Waals surface area contributed by atoms with Crippen molar-refractivity contribution < 1.29 is 28.1 Å². The summed E-state index contributed by atoms with van der Waals surface area (Å²) >= 11 is 0. The SMILES string of the molecule is Nc1ccc(O)cc1C(=O)NCC(=O)N1CCN(c2ccc(-c3cc(CNc4ccon4)on3)cc2F)CC1. The Hall–Kier alpha value is -5.07. The summed E-state index contributed by atoms with van der Waals surface area (Å²) in [6, 6.07) is 12.3. The summed E-state index contributed by atoms with van der Waals surface area (Å²) in [6.07, 6.45) is 1.45. The van der Waals surface area contributed by atoms with Gasteiger partial charge in [0.1, 0.15) is 23.5 Å². The van der Waals surface area contributed by atoms with Gasteiger partial charge < -0.3 is 40.3 Å². The summed E-state index contributed by atoms with van der Waals surface area (Å²) in [5.41, 5.74) is 7.57. The fraction of sp³-hybridized carbons (Fsp3) is 0.231. The second-order valence-electron chi connectivity index (χ2n) is 8.90. The number of anilines is 3. The van der Waals surface area contributed by atoms with Gasteiger partial charge in [-0.3, -0.25) is 9.59 Å². The van der Waals surface area contributed by atoms with Crippen LogP contribution in [0.25, 0.3) is 11.3 Å². The third-order valence-corrected chi connectivity index (χ3v) is 6.34. The molecule has 0 bridgehead atoms. The van der Waals surface area contributed by atoms with E-state index in [1.54, 1.807) is 29.2 Å². The number of carbonyl (C=O) groups excluding carboxylic acids is 2. The smallest absolute Gasteiger partial charge is 0.253 e. The molecular weight excluding hydrogens is 509 g/mol. The van der Waals surface area contributed by atoms with Crippen molar-refractivity contribution in [3.63, 3.8) is 0 Å². The minimum atomic E-state index is -0.553. The molecule has 13 heteroatoms. The Morgan fingerprint density at radius 1 is 1.05 bits per heavy atom. The summed E-state index contributed by atoms with van der Waals surface area (Å²) in [5, 5.41) is 22.9. The van der Waals surface area contributed by atoms with Crippen molar-refractivity contribution >= 4 is 29.0 Å². The number of nitrogens with zero attached hydrogens (tertiary/aromatic N) is 4. The molecule has 0 atom stereocenters. The first-order valence-corrected chi connectivity index (χ1v) is 12.2. The molecular formula is C26H26FN7O5. The maximum Gasteiger partial charge on any atom is 0.253 e. The van der Waals surface area contributed by atoms with E-state index in [0.29, 0.717) is 61.2 Å². The molecule has 0 radical (unpaired) electrons. The van der Waals surface area contributed by atoms with Crippen molar-refractivity contribution in [1.82, 2.24) is 20.5 Å². The monoisotopic (exact) mass is 535 g/mol. The van der Waals surface area contributed by atoms with Crippen LogP contribution in [0.2, 0.25) is 0 Å². The van der Waals surface area contributed by atoms with Gasteiger partial charge in [-0.05, 0) is 30.3 Å². The Balaban J connectivity index is 1.13. The van der Waals surface area contributed by atoms with Crippen molar-refractivity contribution in [2.45, 2.75) is 6.54 Å². The maximum atomic E-state index is 15.1. The van der Waals surface area contributed by atoms with E-state index in [2.05, 4.69) is 20.9 Å². The van der Waals surface area contributed by atoms with Gasteiger partial charge in [0.25, 0.3) is 5.91 Å². The van der Waals surface area contributed by atoms with Crippen LogP contribution in [-0.2, 0) is 11.3 Å². The molecule has 1 aliphatic heterocycles. The Bertz CT molecular complexity index is 1470. The average Bonchev–Trinajstić information content (AvgIpc) is 3.64. The molecule has 5 rings (SSSR count). The third-order valence-electron chi connectivity index (χ3n) is 6.34. The first-order valence-electron chi connectivity index (χ1n) is 12.2. The number of piperazine rings is 1. The van der Waals surface area contributed by atoms with Crippen LogP contribution in [0.15, 0.2) is 63.8 Å². The largest absolute Gasteiger partial charge is 0.508 e. The number of nitrogens with one attached hydrogen (secondary N) is 2. The molecule has 12 nitrogen and oxygen atoms in total. The molecule has 3 heterocycles. The predicted octanol–water partition coefficient (Wildman–Crippen LogP) is 2.45. The number of nitrogen functional groups attached to an aromatic ring is 1. The lowest BCUT2D eigenvalue weighted by atomic mass is 10.1. The van der Waals surface area contributed by atoms with Crippen LogP contribution < -0.4 is 21.3 Å². The summed E-state index contributed by atoms with van der Waals surface area (Å²) in [5.74, 6) is -0.207. The molecule has 1 saturated heterocycles. The number of amides is 2. The number of hydrogen-bond donors (Lipinski definition) is 4. The predicted molar refractivity (Wildman–Crippen MR) is 139 cm³/mol. The number of phenolic OH excluding ortho intramolecular Hbond substituents is 1. The van der Waals surface area contributed by atoms with E-state index < -0.39 is 11.7 Å². The second kappa shape index (κ2) is 11.1. The number of hydrogen-bond acceptors (Lipinski definition) is 10. The highest BCUT2D eigenvalue weighted by molar-refractivity contribution is 6.01. The van der Waals surface area contributed by atoms with E-state index in [4.69, 9.17) is 14.8 Å². The van der Waals surface area contributed by atoms with Gasteiger partial charge in [0, 0.05) is 49.6 Å². The van der Waals surface area contributed by atoms with E-state index in [1.807, 2.05) is 4.90 Å². The lowest BCUT2D eigenvalue weighted by Crippen LogP contribution is -2.51. The highest BCUT2D eigenvalue weighted by atomic mass is 19.1. The topological polar surface area (TPSA) is 163 Å². The minimum absolute atomic E-state index is 0.0941. The molecule has 5 N–H and O–H groups in total. The van der Waals surface area contributed by atoms with Crippen molar-refractivity contribution in [2.24, 2.45) is 0 Å².